The lowest BCUT2D eigenvalue weighted by Gasteiger charge is -2.11. The van der Waals surface area contributed by atoms with Gasteiger partial charge in [0.1, 0.15) is 0 Å². The van der Waals surface area contributed by atoms with E-state index < -0.39 is 0 Å². The standard InChI is InChI=1S/C17H14ClN3O2S/c18-16-7-6-15(24-16)14(22)5-8-17(23)20-12-3-1-2-4-13(12)21-10-9-19-11-21/h1-4,6-7,9-11H,5,8H2,(H,20,23). The van der Waals surface area contributed by atoms with Crippen LogP contribution in [0.25, 0.3) is 5.69 Å². The van der Waals surface area contributed by atoms with E-state index in [1.807, 2.05) is 28.8 Å². The molecule has 0 saturated heterocycles. The summed E-state index contributed by atoms with van der Waals surface area (Å²) in [6, 6.07) is 10.8. The maximum Gasteiger partial charge on any atom is 0.224 e. The number of hydrogen-bond donors (Lipinski definition) is 1. The number of para-hydroxylation sites is 2. The third-order valence-corrected chi connectivity index (χ3v) is 4.66. The maximum absolute atomic E-state index is 12.2. The molecule has 0 aliphatic carbocycles. The van der Waals surface area contributed by atoms with Gasteiger partial charge in [0.15, 0.2) is 5.78 Å². The lowest BCUT2D eigenvalue weighted by Crippen LogP contribution is -2.14. The highest BCUT2D eigenvalue weighted by molar-refractivity contribution is 7.18. The third kappa shape index (κ3) is 3.90. The van der Waals surface area contributed by atoms with Crippen LogP contribution in [0.15, 0.2) is 55.1 Å². The molecule has 24 heavy (non-hydrogen) atoms. The fraction of sp³-hybridized carbons (Fsp3) is 0.118. The molecule has 7 heteroatoms. The third-order valence-electron chi connectivity index (χ3n) is 3.39. The summed E-state index contributed by atoms with van der Waals surface area (Å²) in [6.07, 6.45) is 5.40. The number of anilines is 1. The Morgan fingerprint density at radius 1 is 1.17 bits per heavy atom. The molecule has 0 fully saturated rings. The fourth-order valence-corrected chi connectivity index (χ4v) is 3.24. The first-order chi connectivity index (χ1) is 11.6. The predicted molar refractivity (Wildman–Crippen MR) is 95.1 cm³/mol. The highest BCUT2D eigenvalue weighted by atomic mass is 35.5. The van der Waals surface area contributed by atoms with Crippen molar-refractivity contribution in [3.63, 3.8) is 0 Å². The van der Waals surface area contributed by atoms with E-state index in [4.69, 9.17) is 11.6 Å². The van der Waals surface area contributed by atoms with Crippen molar-refractivity contribution < 1.29 is 9.59 Å². The minimum absolute atomic E-state index is 0.0788. The Morgan fingerprint density at radius 2 is 2.00 bits per heavy atom. The molecule has 0 bridgehead atoms. The van der Waals surface area contributed by atoms with Crippen molar-refractivity contribution in [1.29, 1.82) is 0 Å². The number of carbonyl (C=O) groups excluding carboxylic acids is 2. The number of hydrogen-bond acceptors (Lipinski definition) is 4. The Hall–Kier alpha value is -2.44. The van der Waals surface area contributed by atoms with Crippen LogP contribution in [-0.2, 0) is 4.79 Å². The first kappa shape index (κ1) is 16.4. The van der Waals surface area contributed by atoms with E-state index in [0.717, 1.165) is 5.69 Å². The Bertz CT molecular complexity index is 858. The quantitative estimate of drug-likeness (QED) is 0.671. The summed E-state index contributed by atoms with van der Waals surface area (Å²) < 4.78 is 2.38. The largest absolute Gasteiger partial charge is 0.324 e. The Balaban J connectivity index is 1.62. The normalized spacial score (nSPS) is 10.5. The van der Waals surface area contributed by atoms with Crippen molar-refractivity contribution in [1.82, 2.24) is 9.55 Å². The van der Waals surface area contributed by atoms with Crippen LogP contribution < -0.4 is 5.32 Å². The molecule has 0 saturated carbocycles. The van der Waals surface area contributed by atoms with Gasteiger partial charge in [-0.05, 0) is 24.3 Å². The molecular weight excluding hydrogens is 346 g/mol. The van der Waals surface area contributed by atoms with Crippen LogP contribution in [0.5, 0.6) is 0 Å². The Labute approximate surface area is 147 Å². The summed E-state index contributed by atoms with van der Waals surface area (Å²) in [7, 11) is 0. The van der Waals surface area contributed by atoms with Gasteiger partial charge < -0.3 is 9.88 Å². The number of imidazole rings is 1. The lowest BCUT2D eigenvalue weighted by atomic mass is 10.2. The van der Waals surface area contributed by atoms with Crippen LogP contribution in [0.4, 0.5) is 5.69 Å². The van der Waals surface area contributed by atoms with Crippen molar-refractivity contribution in [2.24, 2.45) is 0 Å². The zero-order chi connectivity index (χ0) is 16.9. The summed E-state index contributed by atoms with van der Waals surface area (Å²) in [4.78, 5) is 28.8. The number of carbonyl (C=O) groups is 2. The number of amides is 1. The monoisotopic (exact) mass is 359 g/mol. The Kier molecular flexibility index (Phi) is 5.08. The van der Waals surface area contributed by atoms with E-state index >= 15 is 0 Å². The van der Waals surface area contributed by atoms with Gasteiger partial charge in [-0.1, -0.05) is 23.7 Å². The van der Waals surface area contributed by atoms with Gasteiger partial charge in [-0.15, -0.1) is 11.3 Å². The molecule has 2 aromatic heterocycles. The van der Waals surface area contributed by atoms with E-state index in [-0.39, 0.29) is 24.5 Å². The predicted octanol–water partition coefficient (Wildman–Crippen LogP) is 4.19. The average molecular weight is 360 g/mol. The number of rotatable bonds is 6. The highest BCUT2D eigenvalue weighted by Crippen LogP contribution is 2.23. The molecule has 1 N–H and O–H groups in total. The zero-order valence-electron chi connectivity index (χ0n) is 12.6. The summed E-state index contributed by atoms with van der Waals surface area (Å²) in [5.41, 5.74) is 1.49. The van der Waals surface area contributed by atoms with Crippen LogP contribution in [0.3, 0.4) is 0 Å². The topological polar surface area (TPSA) is 64.0 Å². The molecule has 1 aromatic carbocycles. The van der Waals surface area contributed by atoms with Crippen molar-refractivity contribution in [3.8, 4) is 5.69 Å². The molecule has 0 spiro atoms. The molecule has 2 heterocycles. The highest BCUT2D eigenvalue weighted by Gasteiger charge is 2.13. The number of halogens is 1. The summed E-state index contributed by atoms with van der Waals surface area (Å²) >= 11 is 7.05. The van der Waals surface area contributed by atoms with Crippen molar-refractivity contribution in [2.45, 2.75) is 12.8 Å². The van der Waals surface area contributed by atoms with Crippen molar-refractivity contribution in [2.75, 3.05) is 5.32 Å². The molecule has 5 nitrogen and oxygen atoms in total. The first-order valence-corrected chi connectivity index (χ1v) is 8.48. The first-order valence-electron chi connectivity index (χ1n) is 7.29. The fourth-order valence-electron chi connectivity index (χ4n) is 2.23. The van der Waals surface area contributed by atoms with Crippen LogP contribution in [-0.4, -0.2) is 21.2 Å². The molecule has 3 rings (SSSR count). The lowest BCUT2D eigenvalue weighted by molar-refractivity contribution is -0.116. The molecule has 0 aliphatic rings. The Morgan fingerprint density at radius 3 is 2.71 bits per heavy atom. The number of thiophene rings is 1. The molecular formula is C17H14ClN3O2S. The minimum Gasteiger partial charge on any atom is -0.324 e. The molecule has 0 atom stereocenters. The van der Waals surface area contributed by atoms with Gasteiger partial charge in [0.2, 0.25) is 5.91 Å². The number of nitrogens with one attached hydrogen (secondary N) is 1. The van der Waals surface area contributed by atoms with E-state index in [0.29, 0.717) is 14.9 Å². The van der Waals surface area contributed by atoms with E-state index in [2.05, 4.69) is 10.3 Å². The molecule has 0 aliphatic heterocycles. The number of Topliss-reactive ketones (excluding diaryl/α,β-unsaturated/α-hetero) is 1. The number of benzene rings is 1. The van der Waals surface area contributed by atoms with Crippen molar-refractivity contribution in [3.05, 3.63) is 64.3 Å². The second-order valence-electron chi connectivity index (χ2n) is 5.06. The molecule has 3 aromatic rings. The van der Waals surface area contributed by atoms with Crippen LogP contribution in [0.2, 0.25) is 4.34 Å². The minimum atomic E-state index is -0.210. The van der Waals surface area contributed by atoms with E-state index in [1.54, 1.807) is 30.9 Å². The number of ketones is 1. The molecule has 0 radical (unpaired) electrons. The van der Waals surface area contributed by atoms with E-state index in [1.165, 1.54) is 11.3 Å². The summed E-state index contributed by atoms with van der Waals surface area (Å²) in [5, 5.41) is 2.85. The second-order valence-corrected chi connectivity index (χ2v) is 6.78. The number of aromatic nitrogens is 2. The van der Waals surface area contributed by atoms with Gasteiger partial charge in [-0.25, -0.2) is 4.98 Å². The zero-order valence-corrected chi connectivity index (χ0v) is 14.2. The smallest absolute Gasteiger partial charge is 0.224 e. The molecule has 1 amide bonds. The molecule has 0 unspecified atom stereocenters. The van der Waals surface area contributed by atoms with Gasteiger partial charge in [0.05, 0.1) is 26.9 Å². The van der Waals surface area contributed by atoms with Gasteiger partial charge >= 0.3 is 0 Å². The van der Waals surface area contributed by atoms with Gasteiger partial charge in [-0.2, -0.15) is 0 Å². The van der Waals surface area contributed by atoms with Gasteiger partial charge in [-0.3, -0.25) is 9.59 Å². The van der Waals surface area contributed by atoms with E-state index in [9.17, 15) is 9.59 Å². The van der Waals surface area contributed by atoms with Gasteiger partial charge in [0, 0.05) is 25.2 Å². The van der Waals surface area contributed by atoms with Crippen LogP contribution in [0, 0.1) is 0 Å². The number of nitrogens with zero attached hydrogens (tertiary/aromatic N) is 2. The summed E-state index contributed by atoms with van der Waals surface area (Å²) in [5.74, 6) is -0.288. The van der Waals surface area contributed by atoms with Crippen molar-refractivity contribution >= 4 is 40.3 Å². The maximum atomic E-state index is 12.2. The second kappa shape index (κ2) is 7.42. The SMILES string of the molecule is O=C(CCC(=O)c1ccc(Cl)s1)Nc1ccccc1-n1ccnc1. The average Bonchev–Trinajstić information content (AvgIpc) is 3.25. The molecule has 122 valence electrons. The van der Waals surface area contributed by atoms with Gasteiger partial charge in [0.25, 0.3) is 0 Å². The van der Waals surface area contributed by atoms with Crippen LogP contribution in [0.1, 0.15) is 22.5 Å². The van der Waals surface area contributed by atoms with Crippen LogP contribution >= 0.6 is 22.9 Å². The summed E-state index contributed by atoms with van der Waals surface area (Å²) in [6.45, 7) is 0.